The topological polar surface area (TPSA) is 83.9 Å². The molecular weight excluding hydrogens is 378 g/mol. The standard InChI is InChI=1S/C21H19NO5S/c1-12-8-9-13(2)16(10-12)22-19(23)18(28-21(22)26)11-15-6-4-5-7-17(15)27-14(3)20(24)25/h4-11,14H,1-3H3,(H,24,25)/b18-11+. The molecule has 0 saturated carbocycles. The number of carbonyl (C=O) groups is 3. The molecule has 0 spiro atoms. The number of aryl methyl sites for hydroxylation is 2. The normalized spacial score (nSPS) is 16.5. The molecule has 0 bridgehead atoms. The first-order valence-corrected chi connectivity index (χ1v) is 9.43. The van der Waals surface area contributed by atoms with Gasteiger partial charge in [0.1, 0.15) is 5.75 Å². The molecule has 2 amide bonds. The van der Waals surface area contributed by atoms with E-state index in [4.69, 9.17) is 9.84 Å². The number of anilines is 1. The summed E-state index contributed by atoms with van der Waals surface area (Å²) >= 11 is 0.847. The summed E-state index contributed by atoms with van der Waals surface area (Å²) in [6, 6.07) is 12.4. The number of imide groups is 1. The number of ether oxygens (including phenoxy) is 1. The summed E-state index contributed by atoms with van der Waals surface area (Å²) in [4.78, 5) is 37.9. The van der Waals surface area contributed by atoms with Crippen molar-refractivity contribution in [2.75, 3.05) is 4.90 Å². The van der Waals surface area contributed by atoms with Gasteiger partial charge >= 0.3 is 5.97 Å². The summed E-state index contributed by atoms with van der Waals surface area (Å²) in [5.74, 6) is -1.18. The van der Waals surface area contributed by atoms with Gasteiger partial charge in [-0.1, -0.05) is 30.3 Å². The number of para-hydroxylation sites is 1. The largest absolute Gasteiger partial charge is 0.479 e. The van der Waals surface area contributed by atoms with E-state index in [2.05, 4.69) is 0 Å². The minimum absolute atomic E-state index is 0.255. The third-order valence-corrected chi connectivity index (χ3v) is 5.13. The van der Waals surface area contributed by atoms with E-state index in [0.29, 0.717) is 17.0 Å². The second kappa shape index (κ2) is 7.90. The summed E-state index contributed by atoms with van der Waals surface area (Å²) in [6.45, 7) is 5.17. The molecule has 1 atom stereocenters. The maximum Gasteiger partial charge on any atom is 0.344 e. The van der Waals surface area contributed by atoms with Gasteiger partial charge in [-0.05, 0) is 61.9 Å². The van der Waals surface area contributed by atoms with Gasteiger partial charge in [-0.25, -0.2) is 9.69 Å². The highest BCUT2D eigenvalue weighted by atomic mass is 32.2. The third kappa shape index (κ3) is 3.94. The van der Waals surface area contributed by atoms with Gasteiger partial charge in [-0.3, -0.25) is 9.59 Å². The predicted octanol–water partition coefficient (Wildman–Crippen LogP) is 4.40. The zero-order valence-corrected chi connectivity index (χ0v) is 16.4. The van der Waals surface area contributed by atoms with E-state index < -0.39 is 18.0 Å². The Balaban J connectivity index is 1.95. The summed E-state index contributed by atoms with van der Waals surface area (Å²) in [7, 11) is 0. The second-order valence-electron chi connectivity index (χ2n) is 6.44. The predicted molar refractivity (Wildman–Crippen MR) is 109 cm³/mol. The first-order chi connectivity index (χ1) is 13.3. The molecule has 7 heteroatoms. The molecule has 1 saturated heterocycles. The van der Waals surface area contributed by atoms with Gasteiger partial charge in [0.2, 0.25) is 0 Å². The van der Waals surface area contributed by atoms with Crippen LogP contribution < -0.4 is 9.64 Å². The molecular formula is C21H19NO5S. The molecule has 6 nitrogen and oxygen atoms in total. The molecule has 1 N–H and O–H groups in total. The van der Waals surface area contributed by atoms with Gasteiger partial charge in [-0.2, -0.15) is 0 Å². The van der Waals surface area contributed by atoms with Crippen LogP contribution in [0.5, 0.6) is 5.75 Å². The molecule has 28 heavy (non-hydrogen) atoms. The summed E-state index contributed by atoms with van der Waals surface area (Å²) in [6.07, 6.45) is 0.513. The monoisotopic (exact) mass is 397 g/mol. The molecule has 1 heterocycles. The number of hydrogen-bond acceptors (Lipinski definition) is 5. The lowest BCUT2D eigenvalue weighted by molar-refractivity contribution is -0.144. The van der Waals surface area contributed by atoms with E-state index in [1.54, 1.807) is 36.4 Å². The van der Waals surface area contributed by atoms with Crippen LogP contribution in [0.3, 0.4) is 0 Å². The zero-order valence-electron chi connectivity index (χ0n) is 15.6. The lowest BCUT2D eigenvalue weighted by atomic mass is 10.1. The number of carbonyl (C=O) groups excluding carboxylic acids is 2. The Labute approximate surface area is 166 Å². The molecule has 0 radical (unpaired) electrons. The van der Waals surface area contributed by atoms with E-state index in [9.17, 15) is 14.4 Å². The number of aliphatic carboxylic acids is 1. The quantitative estimate of drug-likeness (QED) is 0.753. The SMILES string of the molecule is Cc1ccc(C)c(N2C(=O)S/C(=C/c3ccccc3OC(C)C(=O)O)C2=O)c1. The van der Waals surface area contributed by atoms with E-state index in [1.807, 2.05) is 26.0 Å². The van der Waals surface area contributed by atoms with Crippen molar-refractivity contribution < 1.29 is 24.2 Å². The van der Waals surface area contributed by atoms with Crippen molar-refractivity contribution in [3.8, 4) is 5.75 Å². The smallest absolute Gasteiger partial charge is 0.344 e. The Morgan fingerprint density at radius 2 is 1.89 bits per heavy atom. The van der Waals surface area contributed by atoms with Crippen LogP contribution in [0.4, 0.5) is 10.5 Å². The van der Waals surface area contributed by atoms with Gasteiger partial charge in [0.05, 0.1) is 10.6 Å². The number of carboxylic acids is 1. The highest BCUT2D eigenvalue weighted by Gasteiger charge is 2.37. The Kier molecular flexibility index (Phi) is 5.56. The number of amides is 2. The first-order valence-electron chi connectivity index (χ1n) is 8.61. The number of thioether (sulfide) groups is 1. The minimum Gasteiger partial charge on any atom is -0.479 e. The molecule has 1 unspecified atom stereocenters. The number of nitrogens with zero attached hydrogens (tertiary/aromatic N) is 1. The maximum atomic E-state index is 12.9. The highest BCUT2D eigenvalue weighted by molar-refractivity contribution is 8.19. The number of hydrogen-bond donors (Lipinski definition) is 1. The summed E-state index contributed by atoms with van der Waals surface area (Å²) in [5.41, 5.74) is 2.87. The van der Waals surface area contributed by atoms with Crippen LogP contribution in [0.2, 0.25) is 0 Å². The molecule has 0 aromatic heterocycles. The molecule has 0 aliphatic carbocycles. The Bertz CT molecular complexity index is 998. The molecule has 144 valence electrons. The first kappa shape index (κ1) is 19.7. The molecule has 1 fully saturated rings. The van der Waals surface area contributed by atoms with Crippen molar-refractivity contribution in [2.24, 2.45) is 0 Å². The van der Waals surface area contributed by atoms with Crippen LogP contribution >= 0.6 is 11.8 Å². The molecule has 1 aliphatic heterocycles. The third-order valence-electron chi connectivity index (χ3n) is 4.26. The summed E-state index contributed by atoms with van der Waals surface area (Å²) in [5, 5.41) is 8.68. The van der Waals surface area contributed by atoms with Crippen molar-refractivity contribution in [3.63, 3.8) is 0 Å². The molecule has 2 aromatic carbocycles. The molecule has 3 rings (SSSR count). The van der Waals surface area contributed by atoms with Gasteiger partial charge in [0.15, 0.2) is 6.10 Å². The van der Waals surface area contributed by atoms with Crippen LogP contribution in [0.15, 0.2) is 47.4 Å². The van der Waals surface area contributed by atoms with Crippen molar-refractivity contribution >= 4 is 40.6 Å². The number of carboxylic acid groups (broad SMARTS) is 1. The van der Waals surface area contributed by atoms with Crippen LogP contribution in [-0.2, 0) is 9.59 Å². The van der Waals surface area contributed by atoms with E-state index in [1.165, 1.54) is 11.8 Å². The van der Waals surface area contributed by atoms with Crippen LogP contribution in [0, 0.1) is 13.8 Å². The minimum atomic E-state index is -1.09. The Morgan fingerprint density at radius 1 is 1.18 bits per heavy atom. The fourth-order valence-electron chi connectivity index (χ4n) is 2.72. The van der Waals surface area contributed by atoms with Crippen LogP contribution in [0.1, 0.15) is 23.6 Å². The van der Waals surface area contributed by atoms with Gasteiger partial charge < -0.3 is 9.84 Å². The van der Waals surface area contributed by atoms with E-state index in [-0.39, 0.29) is 10.1 Å². The van der Waals surface area contributed by atoms with E-state index >= 15 is 0 Å². The van der Waals surface area contributed by atoms with Crippen molar-refractivity contribution in [3.05, 3.63) is 64.1 Å². The Morgan fingerprint density at radius 3 is 2.61 bits per heavy atom. The zero-order chi connectivity index (χ0) is 20.4. The lowest BCUT2D eigenvalue weighted by Crippen LogP contribution is -2.28. The maximum absolute atomic E-state index is 12.9. The van der Waals surface area contributed by atoms with Gasteiger partial charge in [-0.15, -0.1) is 0 Å². The van der Waals surface area contributed by atoms with Crippen molar-refractivity contribution in [1.29, 1.82) is 0 Å². The lowest BCUT2D eigenvalue weighted by Gasteiger charge is -2.16. The van der Waals surface area contributed by atoms with Crippen molar-refractivity contribution in [2.45, 2.75) is 26.9 Å². The molecule has 1 aliphatic rings. The fourth-order valence-corrected chi connectivity index (χ4v) is 3.55. The second-order valence-corrected chi connectivity index (χ2v) is 7.44. The van der Waals surface area contributed by atoms with Crippen molar-refractivity contribution in [1.82, 2.24) is 0 Å². The van der Waals surface area contributed by atoms with Crippen LogP contribution in [0.25, 0.3) is 6.08 Å². The summed E-state index contributed by atoms with van der Waals surface area (Å²) < 4.78 is 5.46. The van der Waals surface area contributed by atoms with Gasteiger partial charge in [0, 0.05) is 5.56 Å². The van der Waals surface area contributed by atoms with Gasteiger partial charge in [0.25, 0.3) is 11.1 Å². The Hall–Kier alpha value is -3.06. The number of rotatable bonds is 5. The highest BCUT2D eigenvalue weighted by Crippen LogP contribution is 2.38. The molecule has 2 aromatic rings. The van der Waals surface area contributed by atoms with Crippen LogP contribution in [-0.4, -0.2) is 28.3 Å². The number of benzene rings is 2. The fraction of sp³-hybridized carbons (Fsp3) is 0.190. The van der Waals surface area contributed by atoms with E-state index in [0.717, 1.165) is 22.9 Å². The average Bonchev–Trinajstić information content (AvgIpc) is 2.92. The average molecular weight is 397 g/mol.